The van der Waals surface area contributed by atoms with Crippen LogP contribution in [0.3, 0.4) is 0 Å². The maximum atomic E-state index is 12.9. The van der Waals surface area contributed by atoms with E-state index in [-0.39, 0.29) is 18.4 Å². The van der Waals surface area contributed by atoms with Gasteiger partial charge in [-0.2, -0.15) is 0 Å². The van der Waals surface area contributed by atoms with E-state index in [9.17, 15) is 14.4 Å². The van der Waals surface area contributed by atoms with Crippen molar-refractivity contribution in [3.05, 3.63) is 18.2 Å². The van der Waals surface area contributed by atoms with Gasteiger partial charge in [-0.05, 0) is 30.9 Å². The van der Waals surface area contributed by atoms with Gasteiger partial charge in [0.05, 0.1) is 13.2 Å². The molecule has 1 aromatic rings. The lowest BCUT2D eigenvalue weighted by Crippen LogP contribution is -2.54. The van der Waals surface area contributed by atoms with Gasteiger partial charge in [-0.3, -0.25) is 14.5 Å². The van der Waals surface area contributed by atoms with Crippen LogP contribution in [0.5, 0.6) is 11.5 Å². The molecule has 2 atom stereocenters. The van der Waals surface area contributed by atoms with E-state index in [4.69, 9.17) is 9.47 Å². The molecule has 4 rings (SSSR count). The van der Waals surface area contributed by atoms with E-state index in [0.29, 0.717) is 36.8 Å². The lowest BCUT2D eigenvalue weighted by atomic mass is 9.73. The third kappa shape index (κ3) is 3.27. The largest absolute Gasteiger partial charge is 0.490 e. The molecule has 8 nitrogen and oxygen atoms in total. The predicted octanol–water partition coefficient (Wildman–Crippen LogP) is 2.29. The Labute approximate surface area is 163 Å². The number of fused-ring (bicyclic) bond motifs is 1. The number of hydrogen-bond donors (Lipinski definition) is 2. The molecule has 0 aromatic heterocycles. The van der Waals surface area contributed by atoms with Crippen LogP contribution in [0, 0.1) is 5.92 Å². The molecule has 1 spiro atoms. The van der Waals surface area contributed by atoms with E-state index in [1.807, 2.05) is 6.92 Å². The quantitative estimate of drug-likeness (QED) is 0.776. The van der Waals surface area contributed by atoms with E-state index >= 15 is 0 Å². The standard InChI is InChI=1S/C20H25N3O5/c1-13-5-2-3-8-20(13)18(25)23(19(26)22-20)12-17(24)21-14-6-7-15-16(11-14)28-10-4-9-27-15/h6-7,11,13H,2-5,8-10,12H2,1H3,(H,21,24)(H,22,26)/t13-,20+/m0/s1. The molecule has 2 heterocycles. The second kappa shape index (κ2) is 7.33. The zero-order valence-corrected chi connectivity index (χ0v) is 16.0. The Balaban J connectivity index is 1.43. The summed E-state index contributed by atoms with van der Waals surface area (Å²) in [6.45, 7) is 2.81. The Hall–Kier alpha value is -2.77. The second-order valence-electron chi connectivity index (χ2n) is 7.70. The van der Waals surface area contributed by atoms with Gasteiger partial charge in [0.1, 0.15) is 12.1 Å². The predicted molar refractivity (Wildman–Crippen MR) is 101 cm³/mol. The normalized spacial score (nSPS) is 26.8. The van der Waals surface area contributed by atoms with Gasteiger partial charge in [0.15, 0.2) is 11.5 Å². The molecular weight excluding hydrogens is 362 g/mol. The van der Waals surface area contributed by atoms with Gasteiger partial charge in [0, 0.05) is 18.2 Å². The van der Waals surface area contributed by atoms with Crippen LogP contribution >= 0.6 is 0 Å². The summed E-state index contributed by atoms with van der Waals surface area (Å²) in [6, 6.07) is 4.65. The van der Waals surface area contributed by atoms with Gasteiger partial charge in [0.25, 0.3) is 5.91 Å². The zero-order chi connectivity index (χ0) is 19.7. The third-order valence-electron chi connectivity index (χ3n) is 5.83. The van der Waals surface area contributed by atoms with Crippen LogP contribution in [0.25, 0.3) is 0 Å². The van der Waals surface area contributed by atoms with Crippen molar-refractivity contribution in [3.8, 4) is 11.5 Å². The summed E-state index contributed by atoms with van der Waals surface area (Å²) in [5.41, 5.74) is -0.327. The molecule has 1 aliphatic carbocycles. The number of ether oxygens (including phenoxy) is 2. The summed E-state index contributed by atoms with van der Waals surface area (Å²) in [6.07, 6.45) is 4.26. The third-order valence-corrected chi connectivity index (χ3v) is 5.83. The average Bonchev–Trinajstić information content (AvgIpc) is 2.83. The molecule has 0 bridgehead atoms. The molecule has 1 aromatic carbocycles. The summed E-state index contributed by atoms with van der Waals surface area (Å²) in [5, 5.41) is 5.59. The number of amides is 4. The highest BCUT2D eigenvalue weighted by atomic mass is 16.5. The van der Waals surface area contributed by atoms with E-state index in [1.54, 1.807) is 18.2 Å². The molecule has 1 saturated carbocycles. The molecule has 1 saturated heterocycles. The van der Waals surface area contributed by atoms with Gasteiger partial charge in [-0.25, -0.2) is 4.79 Å². The number of urea groups is 1. The highest BCUT2D eigenvalue weighted by Crippen LogP contribution is 2.38. The van der Waals surface area contributed by atoms with Gasteiger partial charge < -0.3 is 20.1 Å². The average molecular weight is 387 g/mol. The smallest absolute Gasteiger partial charge is 0.325 e. The number of imide groups is 1. The molecule has 3 aliphatic rings. The van der Waals surface area contributed by atoms with Gasteiger partial charge in [0.2, 0.25) is 5.91 Å². The van der Waals surface area contributed by atoms with Gasteiger partial charge in [-0.1, -0.05) is 19.8 Å². The van der Waals surface area contributed by atoms with E-state index in [2.05, 4.69) is 10.6 Å². The Kier molecular flexibility index (Phi) is 4.87. The van der Waals surface area contributed by atoms with Crippen molar-refractivity contribution < 1.29 is 23.9 Å². The van der Waals surface area contributed by atoms with Crippen LogP contribution in [0.1, 0.15) is 39.0 Å². The minimum atomic E-state index is -0.856. The number of rotatable bonds is 3. The molecule has 150 valence electrons. The lowest BCUT2D eigenvalue weighted by molar-refractivity contribution is -0.136. The highest BCUT2D eigenvalue weighted by Gasteiger charge is 2.55. The number of benzene rings is 1. The fourth-order valence-electron chi connectivity index (χ4n) is 4.22. The Morgan fingerprint density at radius 2 is 2.00 bits per heavy atom. The Morgan fingerprint density at radius 1 is 1.21 bits per heavy atom. The first-order chi connectivity index (χ1) is 13.5. The minimum Gasteiger partial charge on any atom is -0.490 e. The lowest BCUT2D eigenvalue weighted by Gasteiger charge is -2.36. The van der Waals surface area contributed by atoms with E-state index < -0.39 is 17.5 Å². The van der Waals surface area contributed by atoms with Crippen molar-refractivity contribution in [2.75, 3.05) is 25.1 Å². The van der Waals surface area contributed by atoms with Crippen molar-refractivity contribution in [1.82, 2.24) is 10.2 Å². The topological polar surface area (TPSA) is 97.0 Å². The van der Waals surface area contributed by atoms with Crippen LogP contribution in [0.4, 0.5) is 10.5 Å². The van der Waals surface area contributed by atoms with Gasteiger partial charge in [-0.15, -0.1) is 0 Å². The van der Waals surface area contributed by atoms with Crippen molar-refractivity contribution in [2.24, 2.45) is 5.92 Å². The molecule has 2 N–H and O–H groups in total. The number of anilines is 1. The fourth-order valence-corrected chi connectivity index (χ4v) is 4.22. The summed E-state index contributed by atoms with van der Waals surface area (Å²) >= 11 is 0. The molecular formula is C20H25N3O5. The van der Waals surface area contributed by atoms with Crippen LogP contribution in [-0.4, -0.2) is 48.0 Å². The summed E-state index contributed by atoms with van der Waals surface area (Å²) < 4.78 is 11.2. The molecule has 4 amide bonds. The molecule has 0 unspecified atom stereocenters. The first-order valence-electron chi connectivity index (χ1n) is 9.83. The van der Waals surface area contributed by atoms with Crippen LogP contribution < -0.4 is 20.1 Å². The SMILES string of the molecule is C[C@H]1CCCC[C@@]12NC(=O)N(CC(=O)Nc1ccc3c(c1)OCCCO3)C2=O. The van der Waals surface area contributed by atoms with Crippen LogP contribution in [0.15, 0.2) is 18.2 Å². The monoisotopic (exact) mass is 387 g/mol. The van der Waals surface area contributed by atoms with E-state index in [1.165, 1.54) is 0 Å². The molecule has 28 heavy (non-hydrogen) atoms. The first-order valence-corrected chi connectivity index (χ1v) is 9.83. The number of carbonyl (C=O) groups is 3. The van der Waals surface area contributed by atoms with Gasteiger partial charge >= 0.3 is 6.03 Å². The van der Waals surface area contributed by atoms with Crippen molar-refractivity contribution in [2.45, 2.75) is 44.6 Å². The number of hydrogen-bond acceptors (Lipinski definition) is 5. The fraction of sp³-hybridized carbons (Fsp3) is 0.550. The number of carbonyl (C=O) groups excluding carboxylic acids is 3. The molecule has 2 fully saturated rings. The maximum Gasteiger partial charge on any atom is 0.325 e. The summed E-state index contributed by atoms with van der Waals surface area (Å²) in [5.74, 6) is 0.544. The first kappa shape index (κ1) is 18.6. The number of nitrogens with one attached hydrogen (secondary N) is 2. The summed E-state index contributed by atoms with van der Waals surface area (Å²) in [7, 11) is 0. The maximum absolute atomic E-state index is 12.9. The van der Waals surface area contributed by atoms with Crippen molar-refractivity contribution in [3.63, 3.8) is 0 Å². The zero-order valence-electron chi connectivity index (χ0n) is 16.0. The summed E-state index contributed by atoms with van der Waals surface area (Å²) in [4.78, 5) is 38.9. The number of nitrogens with zero attached hydrogens (tertiary/aromatic N) is 1. The highest BCUT2D eigenvalue weighted by molar-refractivity contribution is 6.10. The van der Waals surface area contributed by atoms with Crippen molar-refractivity contribution >= 4 is 23.5 Å². The van der Waals surface area contributed by atoms with Crippen LogP contribution in [0.2, 0.25) is 0 Å². The minimum absolute atomic E-state index is 0.0625. The Morgan fingerprint density at radius 3 is 2.79 bits per heavy atom. The van der Waals surface area contributed by atoms with E-state index in [0.717, 1.165) is 30.6 Å². The molecule has 2 aliphatic heterocycles. The van der Waals surface area contributed by atoms with Crippen molar-refractivity contribution in [1.29, 1.82) is 0 Å². The molecule has 0 radical (unpaired) electrons. The molecule has 8 heteroatoms. The Bertz CT molecular complexity index is 811. The second-order valence-corrected chi connectivity index (χ2v) is 7.70. The van der Waals surface area contributed by atoms with Crippen LogP contribution in [-0.2, 0) is 9.59 Å².